The average Bonchev–Trinajstić information content (AvgIpc) is 3.50. The molecule has 7 nitrogen and oxygen atoms in total. The van der Waals surface area contributed by atoms with E-state index in [2.05, 4.69) is 59.0 Å². The summed E-state index contributed by atoms with van der Waals surface area (Å²) in [6.07, 6.45) is 11.7. The summed E-state index contributed by atoms with van der Waals surface area (Å²) in [6.45, 7) is 1.98. The summed E-state index contributed by atoms with van der Waals surface area (Å²) in [5.41, 5.74) is 2.58. The van der Waals surface area contributed by atoms with E-state index in [9.17, 15) is 0 Å². The summed E-state index contributed by atoms with van der Waals surface area (Å²) in [6, 6.07) is 6.90. The molecule has 4 rings (SSSR count). The fourth-order valence-electron chi connectivity index (χ4n) is 4.67. The maximum atomic E-state index is 5.60. The van der Waals surface area contributed by atoms with E-state index in [0.717, 1.165) is 61.2 Å². The van der Waals surface area contributed by atoms with Crippen molar-refractivity contribution in [1.82, 2.24) is 14.8 Å². The molecule has 2 aliphatic carbocycles. The molecule has 0 radical (unpaired) electrons. The van der Waals surface area contributed by atoms with Crippen molar-refractivity contribution in [2.75, 3.05) is 53.4 Å². The van der Waals surface area contributed by atoms with Crippen LogP contribution in [-0.4, -0.2) is 69.3 Å². The molecule has 180 valence electrons. The highest BCUT2D eigenvalue weighted by atomic mass is 16.5. The number of benzene rings is 1. The normalized spacial score (nSPS) is 19.5. The van der Waals surface area contributed by atoms with Crippen LogP contribution >= 0.6 is 0 Å². The van der Waals surface area contributed by atoms with Gasteiger partial charge in [0, 0.05) is 48.7 Å². The molecule has 0 N–H and O–H groups in total. The number of likely N-dealkylation sites (N-methyl/N-ethyl adjacent to an activating group) is 2. The van der Waals surface area contributed by atoms with Crippen LogP contribution in [0.25, 0.3) is 0 Å². The maximum absolute atomic E-state index is 5.60. The van der Waals surface area contributed by atoms with Gasteiger partial charge in [0.2, 0.25) is 0 Å². The Morgan fingerprint density at radius 1 is 1.06 bits per heavy atom. The van der Waals surface area contributed by atoms with Crippen LogP contribution in [-0.2, 0) is 0 Å². The second kappa shape index (κ2) is 10.6. The summed E-state index contributed by atoms with van der Waals surface area (Å²) in [5, 5.41) is 0. The quantitative estimate of drug-likeness (QED) is 0.493. The predicted molar refractivity (Wildman–Crippen MR) is 131 cm³/mol. The molecule has 1 saturated carbocycles. The number of anilines is 1. The van der Waals surface area contributed by atoms with E-state index in [-0.39, 0.29) is 6.04 Å². The highest BCUT2D eigenvalue weighted by Crippen LogP contribution is 2.38. The molecule has 2 aromatic rings. The second-order valence-corrected chi connectivity index (χ2v) is 9.57. The molecule has 2 aliphatic rings. The SMILES string of the molecule is COc1cc(OC)cc(N(CC2CC2)C2=CCC(N(C)CC(c3cnco3)N(C)C)CC2)c1. The van der Waals surface area contributed by atoms with E-state index in [0.29, 0.717) is 6.04 Å². The van der Waals surface area contributed by atoms with Crippen LogP contribution in [0.1, 0.15) is 43.9 Å². The van der Waals surface area contributed by atoms with Crippen molar-refractivity contribution < 1.29 is 13.9 Å². The molecule has 0 saturated heterocycles. The molecule has 1 aromatic carbocycles. The van der Waals surface area contributed by atoms with Gasteiger partial charge in [-0.15, -0.1) is 0 Å². The van der Waals surface area contributed by atoms with Crippen molar-refractivity contribution >= 4 is 5.69 Å². The third-order valence-electron chi connectivity index (χ3n) is 6.98. The van der Waals surface area contributed by atoms with Crippen LogP contribution in [0.15, 0.2) is 47.0 Å². The van der Waals surface area contributed by atoms with Gasteiger partial charge in [-0.05, 0) is 59.2 Å². The van der Waals surface area contributed by atoms with Crippen LogP contribution in [0.3, 0.4) is 0 Å². The summed E-state index contributed by atoms with van der Waals surface area (Å²) in [4.78, 5) is 11.3. The third-order valence-corrected chi connectivity index (χ3v) is 6.98. The van der Waals surface area contributed by atoms with E-state index >= 15 is 0 Å². The smallest absolute Gasteiger partial charge is 0.180 e. The standard InChI is InChI=1S/C26H38N4O3/c1-28(2)25(26-15-27-18-33-26)17-29(3)20-8-10-21(11-9-20)30(16-19-6-7-19)22-12-23(31-4)14-24(13-22)32-5/h10,12-15,18-20,25H,6-9,11,16-17H2,1-5H3. The van der Waals surface area contributed by atoms with E-state index in [1.165, 1.54) is 24.9 Å². The van der Waals surface area contributed by atoms with Gasteiger partial charge in [-0.3, -0.25) is 4.90 Å². The van der Waals surface area contributed by atoms with Crippen molar-refractivity contribution in [2.24, 2.45) is 5.92 Å². The van der Waals surface area contributed by atoms with E-state index in [1.54, 1.807) is 14.2 Å². The number of hydrogen-bond donors (Lipinski definition) is 0. The zero-order valence-electron chi connectivity index (χ0n) is 20.7. The molecule has 0 amide bonds. The van der Waals surface area contributed by atoms with E-state index < -0.39 is 0 Å². The van der Waals surface area contributed by atoms with Crippen molar-refractivity contribution in [3.63, 3.8) is 0 Å². The Kier molecular flexibility index (Phi) is 7.60. The van der Waals surface area contributed by atoms with Gasteiger partial charge in [0.25, 0.3) is 0 Å². The minimum absolute atomic E-state index is 0.193. The third kappa shape index (κ3) is 5.89. The van der Waals surface area contributed by atoms with Crippen LogP contribution in [0, 0.1) is 5.92 Å². The predicted octanol–water partition coefficient (Wildman–Crippen LogP) is 4.58. The van der Waals surface area contributed by atoms with E-state index in [4.69, 9.17) is 13.9 Å². The molecule has 1 heterocycles. The van der Waals surface area contributed by atoms with Crippen molar-refractivity contribution in [2.45, 2.75) is 44.2 Å². The Balaban J connectivity index is 1.47. The number of allylic oxidation sites excluding steroid dienone is 1. The zero-order valence-corrected chi connectivity index (χ0v) is 20.7. The molecule has 1 fully saturated rings. The van der Waals surface area contributed by atoms with Crippen molar-refractivity contribution in [3.8, 4) is 11.5 Å². The Labute approximate surface area is 198 Å². The highest BCUT2D eigenvalue weighted by molar-refractivity contribution is 5.59. The minimum Gasteiger partial charge on any atom is -0.497 e. The molecular formula is C26H38N4O3. The van der Waals surface area contributed by atoms with Crippen LogP contribution in [0.5, 0.6) is 11.5 Å². The van der Waals surface area contributed by atoms with Gasteiger partial charge >= 0.3 is 0 Å². The van der Waals surface area contributed by atoms with Gasteiger partial charge in [-0.2, -0.15) is 0 Å². The lowest BCUT2D eigenvalue weighted by Crippen LogP contribution is -2.40. The lowest BCUT2D eigenvalue weighted by molar-refractivity contribution is 0.146. The van der Waals surface area contributed by atoms with Gasteiger partial charge < -0.3 is 23.7 Å². The fourth-order valence-corrected chi connectivity index (χ4v) is 4.67. The van der Waals surface area contributed by atoms with Gasteiger partial charge in [0.15, 0.2) is 6.39 Å². The maximum Gasteiger partial charge on any atom is 0.180 e. The molecular weight excluding hydrogens is 416 g/mol. The number of hydrogen-bond acceptors (Lipinski definition) is 7. The van der Waals surface area contributed by atoms with Crippen LogP contribution in [0.2, 0.25) is 0 Å². The number of ether oxygens (including phenoxy) is 2. The summed E-state index contributed by atoms with van der Waals surface area (Å²) < 4.78 is 16.7. The first-order valence-corrected chi connectivity index (χ1v) is 11.9. The van der Waals surface area contributed by atoms with Gasteiger partial charge in [0.05, 0.1) is 26.5 Å². The van der Waals surface area contributed by atoms with E-state index in [1.807, 2.05) is 12.3 Å². The van der Waals surface area contributed by atoms with Gasteiger partial charge in [-0.25, -0.2) is 4.98 Å². The molecule has 1 aromatic heterocycles. The number of aromatic nitrogens is 1. The summed E-state index contributed by atoms with van der Waals surface area (Å²) in [5.74, 6) is 3.37. The van der Waals surface area contributed by atoms with Gasteiger partial charge in [-0.1, -0.05) is 6.08 Å². The number of rotatable bonds is 11. The topological polar surface area (TPSA) is 54.2 Å². The summed E-state index contributed by atoms with van der Waals surface area (Å²) >= 11 is 0. The van der Waals surface area contributed by atoms with Crippen LogP contribution < -0.4 is 14.4 Å². The van der Waals surface area contributed by atoms with Crippen molar-refractivity contribution in [3.05, 3.63) is 48.3 Å². The lowest BCUT2D eigenvalue weighted by atomic mass is 9.96. The lowest BCUT2D eigenvalue weighted by Gasteiger charge is -2.37. The number of nitrogens with zero attached hydrogens (tertiary/aromatic N) is 4. The molecule has 0 spiro atoms. The molecule has 7 heteroatoms. The number of methoxy groups -OCH3 is 2. The summed E-state index contributed by atoms with van der Waals surface area (Å²) in [7, 11) is 9.84. The largest absolute Gasteiger partial charge is 0.497 e. The molecule has 2 atom stereocenters. The minimum atomic E-state index is 0.193. The first-order chi connectivity index (χ1) is 16.0. The Morgan fingerprint density at radius 3 is 2.30 bits per heavy atom. The van der Waals surface area contributed by atoms with Crippen molar-refractivity contribution in [1.29, 1.82) is 0 Å². The van der Waals surface area contributed by atoms with Crippen LogP contribution in [0.4, 0.5) is 5.69 Å². The monoisotopic (exact) mass is 454 g/mol. The molecule has 0 bridgehead atoms. The zero-order chi connectivity index (χ0) is 23.4. The fraction of sp³-hybridized carbons (Fsp3) is 0.577. The highest BCUT2D eigenvalue weighted by Gasteiger charge is 2.30. The average molecular weight is 455 g/mol. The molecule has 2 unspecified atom stereocenters. The molecule has 33 heavy (non-hydrogen) atoms. The number of oxazole rings is 1. The Bertz CT molecular complexity index is 901. The first-order valence-electron chi connectivity index (χ1n) is 11.9. The Morgan fingerprint density at radius 2 is 1.79 bits per heavy atom. The second-order valence-electron chi connectivity index (χ2n) is 9.57. The molecule has 0 aliphatic heterocycles. The Hall–Kier alpha value is -2.51. The van der Waals surface area contributed by atoms with Gasteiger partial charge in [0.1, 0.15) is 17.3 Å². The first kappa shape index (κ1) is 23.6.